The van der Waals surface area contributed by atoms with Crippen molar-refractivity contribution in [2.45, 2.75) is 18.6 Å². The number of aliphatic hydroxyl groups excluding tert-OH is 2. The van der Waals surface area contributed by atoms with Crippen LogP contribution in [-0.4, -0.2) is 30.5 Å². The van der Waals surface area contributed by atoms with E-state index in [1.807, 2.05) is 24.3 Å². The molecular formula is C17H20O4. The van der Waals surface area contributed by atoms with Gasteiger partial charge in [0.05, 0.1) is 20.3 Å². The Morgan fingerprint density at radius 1 is 0.810 bits per heavy atom. The van der Waals surface area contributed by atoms with Crippen LogP contribution in [0.15, 0.2) is 48.5 Å². The van der Waals surface area contributed by atoms with E-state index in [1.165, 1.54) is 0 Å². The number of rotatable bonds is 6. The van der Waals surface area contributed by atoms with Crippen LogP contribution in [0.5, 0.6) is 11.5 Å². The molecule has 21 heavy (non-hydrogen) atoms. The first-order chi connectivity index (χ1) is 10.1. The third kappa shape index (κ3) is 3.97. The molecule has 0 aliphatic rings. The third-order valence-corrected chi connectivity index (χ3v) is 3.43. The normalized spacial score (nSPS) is 13.5. The topological polar surface area (TPSA) is 58.9 Å². The van der Waals surface area contributed by atoms with Crippen LogP contribution < -0.4 is 9.47 Å². The van der Waals surface area contributed by atoms with E-state index in [4.69, 9.17) is 9.47 Å². The summed E-state index contributed by atoms with van der Waals surface area (Å²) in [5.74, 6) is 1.49. The van der Waals surface area contributed by atoms with Crippen molar-refractivity contribution in [3.63, 3.8) is 0 Å². The monoisotopic (exact) mass is 288 g/mol. The fourth-order valence-corrected chi connectivity index (χ4v) is 2.14. The summed E-state index contributed by atoms with van der Waals surface area (Å²) < 4.78 is 10.2. The quantitative estimate of drug-likeness (QED) is 0.856. The average Bonchev–Trinajstić information content (AvgIpc) is 2.55. The number of aliphatic hydroxyl groups is 2. The Morgan fingerprint density at radius 2 is 1.29 bits per heavy atom. The molecule has 0 saturated heterocycles. The second kappa shape index (κ2) is 7.11. The van der Waals surface area contributed by atoms with Crippen molar-refractivity contribution in [3.05, 3.63) is 59.7 Å². The van der Waals surface area contributed by atoms with E-state index in [-0.39, 0.29) is 0 Å². The van der Waals surface area contributed by atoms with Crippen LogP contribution in [0.25, 0.3) is 0 Å². The highest BCUT2D eigenvalue weighted by atomic mass is 16.5. The summed E-state index contributed by atoms with van der Waals surface area (Å²) in [6.07, 6.45) is -1.43. The van der Waals surface area contributed by atoms with Gasteiger partial charge in [-0.2, -0.15) is 0 Å². The molecule has 0 aliphatic carbocycles. The molecule has 0 amide bonds. The van der Waals surface area contributed by atoms with Crippen molar-refractivity contribution in [2.75, 3.05) is 14.2 Å². The zero-order valence-corrected chi connectivity index (χ0v) is 12.2. The Labute approximate surface area is 124 Å². The summed E-state index contributed by atoms with van der Waals surface area (Å²) >= 11 is 0. The van der Waals surface area contributed by atoms with Gasteiger partial charge in [-0.1, -0.05) is 24.3 Å². The minimum Gasteiger partial charge on any atom is -0.497 e. The Bertz CT molecular complexity index is 548. The van der Waals surface area contributed by atoms with Crippen LogP contribution in [-0.2, 0) is 6.42 Å². The number of benzene rings is 2. The Kier molecular flexibility index (Phi) is 5.20. The van der Waals surface area contributed by atoms with Gasteiger partial charge in [-0.3, -0.25) is 0 Å². The van der Waals surface area contributed by atoms with E-state index in [0.717, 1.165) is 17.1 Å². The summed E-state index contributed by atoms with van der Waals surface area (Å²) in [6, 6.07) is 14.5. The SMILES string of the molecule is COc1ccc(CC(O)C(O)c2ccc(OC)cc2)cc1. The second-order valence-electron chi connectivity index (χ2n) is 4.84. The molecule has 0 aliphatic heterocycles. The molecule has 2 unspecified atom stereocenters. The van der Waals surface area contributed by atoms with Crippen LogP contribution in [0, 0.1) is 0 Å². The van der Waals surface area contributed by atoms with Gasteiger partial charge in [-0.25, -0.2) is 0 Å². The molecule has 2 atom stereocenters. The molecule has 4 nitrogen and oxygen atoms in total. The van der Waals surface area contributed by atoms with Crippen LogP contribution in [0.2, 0.25) is 0 Å². The number of hydrogen-bond donors (Lipinski definition) is 2. The van der Waals surface area contributed by atoms with Crippen LogP contribution >= 0.6 is 0 Å². The van der Waals surface area contributed by atoms with E-state index < -0.39 is 12.2 Å². The predicted octanol–water partition coefficient (Wildman–Crippen LogP) is 2.34. The highest BCUT2D eigenvalue weighted by molar-refractivity contribution is 5.30. The van der Waals surface area contributed by atoms with Crippen molar-refractivity contribution >= 4 is 0 Å². The zero-order valence-electron chi connectivity index (χ0n) is 12.2. The Balaban J connectivity index is 2.01. The molecule has 0 radical (unpaired) electrons. The summed E-state index contributed by atoms with van der Waals surface area (Å²) in [5.41, 5.74) is 1.60. The fourth-order valence-electron chi connectivity index (χ4n) is 2.14. The maximum Gasteiger partial charge on any atom is 0.118 e. The molecule has 2 rings (SSSR count). The number of methoxy groups -OCH3 is 2. The molecule has 112 valence electrons. The minimum atomic E-state index is -0.932. The van der Waals surface area contributed by atoms with E-state index >= 15 is 0 Å². The summed E-state index contributed by atoms with van der Waals surface area (Å²) in [5, 5.41) is 20.4. The summed E-state index contributed by atoms with van der Waals surface area (Å²) in [4.78, 5) is 0. The average molecular weight is 288 g/mol. The first kappa shape index (κ1) is 15.4. The first-order valence-corrected chi connectivity index (χ1v) is 6.77. The summed E-state index contributed by atoms with van der Waals surface area (Å²) in [7, 11) is 3.20. The molecular weight excluding hydrogens is 268 g/mol. The maximum absolute atomic E-state index is 10.2. The van der Waals surface area contributed by atoms with Gasteiger partial charge in [0.2, 0.25) is 0 Å². The van der Waals surface area contributed by atoms with E-state index in [2.05, 4.69) is 0 Å². The second-order valence-corrected chi connectivity index (χ2v) is 4.84. The van der Waals surface area contributed by atoms with E-state index in [1.54, 1.807) is 38.5 Å². The third-order valence-electron chi connectivity index (χ3n) is 3.43. The van der Waals surface area contributed by atoms with Gasteiger partial charge in [0, 0.05) is 6.42 Å². The zero-order chi connectivity index (χ0) is 15.2. The van der Waals surface area contributed by atoms with Gasteiger partial charge < -0.3 is 19.7 Å². The molecule has 0 aromatic heterocycles. The molecule has 0 fully saturated rings. The van der Waals surface area contributed by atoms with Gasteiger partial charge in [0.15, 0.2) is 0 Å². The number of hydrogen-bond acceptors (Lipinski definition) is 4. The van der Waals surface area contributed by atoms with E-state index in [9.17, 15) is 10.2 Å². The standard InChI is InChI=1S/C17H20O4/c1-20-14-7-3-12(4-8-14)11-16(18)17(19)13-5-9-15(21-2)10-6-13/h3-10,16-19H,11H2,1-2H3. The minimum absolute atomic E-state index is 0.372. The van der Waals surface area contributed by atoms with Crippen molar-refractivity contribution in [1.82, 2.24) is 0 Å². The number of ether oxygens (including phenoxy) is 2. The predicted molar refractivity (Wildman–Crippen MR) is 80.7 cm³/mol. The highest BCUT2D eigenvalue weighted by Gasteiger charge is 2.18. The maximum atomic E-state index is 10.2. The highest BCUT2D eigenvalue weighted by Crippen LogP contribution is 2.23. The Morgan fingerprint density at radius 3 is 1.76 bits per heavy atom. The van der Waals surface area contributed by atoms with Gasteiger partial charge >= 0.3 is 0 Å². The lowest BCUT2D eigenvalue weighted by atomic mass is 9.98. The van der Waals surface area contributed by atoms with Crippen molar-refractivity contribution in [2.24, 2.45) is 0 Å². The molecule has 0 bridgehead atoms. The molecule has 0 heterocycles. The van der Waals surface area contributed by atoms with Crippen molar-refractivity contribution in [1.29, 1.82) is 0 Å². The fraction of sp³-hybridized carbons (Fsp3) is 0.294. The lowest BCUT2D eigenvalue weighted by Gasteiger charge is -2.18. The molecule has 0 spiro atoms. The molecule has 4 heteroatoms. The Hall–Kier alpha value is -2.04. The lowest BCUT2D eigenvalue weighted by molar-refractivity contribution is 0.0189. The molecule has 2 N–H and O–H groups in total. The smallest absolute Gasteiger partial charge is 0.118 e. The molecule has 0 saturated carbocycles. The van der Waals surface area contributed by atoms with Crippen molar-refractivity contribution in [3.8, 4) is 11.5 Å². The van der Waals surface area contributed by atoms with Crippen LogP contribution in [0.1, 0.15) is 17.2 Å². The first-order valence-electron chi connectivity index (χ1n) is 6.77. The lowest BCUT2D eigenvalue weighted by Crippen LogP contribution is -2.20. The molecule has 2 aromatic rings. The van der Waals surface area contributed by atoms with Crippen LogP contribution in [0.3, 0.4) is 0 Å². The van der Waals surface area contributed by atoms with Crippen molar-refractivity contribution < 1.29 is 19.7 Å². The van der Waals surface area contributed by atoms with Crippen LogP contribution in [0.4, 0.5) is 0 Å². The van der Waals surface area contributed by atoms with Gasteiger partial charge in [0.25, 0.3) is 0 Å². The van der Waals surface area contributed by atoms with Gasteiger partial charge in [0.1, 0.15) is 17.6 Å². The van der Waals surface area contributed by atoms with Gasteiger partial charge in [-0.05, 0) is 35.4 Å². The molecule has 2 aromatic carbocycles. The van der Waals surface area contributed by atoms with Gasteiger partial charge in [-0.15, -0.1) is 0 Å². The summed E-state index contributed by atoms with van der Waals surface area (Å²) in [6.45, 7) is 0. The largest absolute Gasteiger partial charge is 0.497 e. The van der Waals surface area contributed by atoms with E-state index in [0.29, 0.717) is 12.0 Å².